The first-order valence-electron chi connectivity index (χ1n) is 9.60. The third-order valence-electron chi connectivity index (χ3n) is 5.13. The highest BCUT2D eigenvalue weighted by Gasteiger charge is 2.23. The van der Waals surface area contributed by atoms with Gasteiger partial charge in [-0.2, -0.15) is 0 Å². The molecule has 1 unspecified atom stereocenters. The molecule has 0 bridgehead atoms. The quantitative estimate of drug-likeness (QED) is 0.457. The van der Waals surface area contributed by atoms with Gasteiger partial charge in [0.05, 0.1) is 5.52 Å². The number of aryl methyl sites for hydroxylation is 1. The van der Waals surface area contributed by atoms with Crippen LogP contribution in [-0.4, -0.2) is 29.8 Å². The van der Waals surface area contributed by atoms with Gasteiger partial charge >= 0.3 is 0 Å². The van der Waals surface area contributed by atoms with Crippen LogP contribution >= 0.6 is 0 Å². The summed E-state index contributed by atoms with van der Waals surface area (Å²) in [6.45, 7) is 4.15. The van der Waals surface area contributed by atoms with Crippen molar-refractivity contribution < 1.29 is 0 Å². The topological polar surface area (TPSA) is 61.4 Å². The fourth-order valence-electron chi connectivity index (χ4n) is 3.57. The fourth-order valence-corrected chi connectivity index (χ4v) is 3.57. The van der Waals surface area contributed by atoms with E-state index in [0.717, 1.165) is 33.9 Å². The second-order valence-corrected chi connectivity index (χ2v) is 7.12. The number of aromatic nitrogens is 6. The minimum absolute atomic E-state index is 0.144. The molecule has 5 rings (SSSR count). The summed E-state index contributed by atoms with van der Waals surface area (Å²) in [4.78, 5) is 0. The van der Waals surface area contributed by atoms with Crippen LogP contribution in [0.4, 0.5) is 0 Å². The van der Waals surface area contributed by atoms with Gasteiger partial charge in [0.25, 0.3) is 0 Å². The molecule has 0 aliphatic rings. The zero-order chi connectivity index (χ0) is 19.8. The molecule has 0 saturated heterocycles. The molecule has 0 fully saturated rings. The standard InChI is InChI=1S/C23H20N6/c1-16-12-14-18(15-13-16)23-26-25-22(28(23)19-8-4-3-5-9-19)17(2)29-21-11-7-6-10-20(21)24-27-29/h3-15,17H,1-2H3. The molecule has 2 heterocycles. The molecule has 0 aliphatic carbocycles. The number of hydrogen-bond donors (Lipinski definition) is 0. The average Bonchev–Trinajstić information content (AvgIpc) is 3.39. The molecule has 2 aromatic heterocycles. The summed E-state index contributed by atoms with van der Waals surface area (Å²) in [5.74, 6) is 1.62. The first-order chi connectivity index (χ1) is 14.2. The number of benzene rings is 3. The van der Waals surface area contributed by atoms with Crippen molar-refractivity contribution in [3.8, 4) is 17.1 Å². The molecule has 0 spiro atoms. The van der Waals surface area contributed by atoms with Crippen molar-refractivity contribution in [3.63, 3.8) is 0 Å². The van der Waals surface area contributed by atoms with Gasteiger partial charge < -0.3 is 0 Å². The Hall–Kier alpha value is -3.80. The lowest BCUT2D eigenvalue weighted by atomic mass is 10.1. The molecule has 29 heavy (non-hydrogen) atoms. The summed E-state index contributed by atoms with van der Waals surface area (Å²) in [5, 5.41) is 17.8. The van der Waals surface area contributed by atoms with Gasteiger partial charge in [0.1, 0.15) is 11.6 Å². The van der Waals surface area contributed by atoms with E-state index in [-0.39, 0.29) is 6.04 Å². The maximum Gasteiger partial charge on any atom is 0.168 e. The smallest absolute Gasteiger partial charge is 0.168 e. The van der Waals surface area contributed by atoms with E-state index in [1.54, 1.807) is 0 Å². The van der Waals surface area contributed by atoms with Crippen molar-refractivity contribution >= 4 is 11.0 Å². The molecule has 0 radical (unpaired) electrons. The van der Waals surface area contributed by atoms with E-state index in [9.17, 15) is 0 Å². The van der Waals surface area contributed by atoms with Crippen LogP contribution in [0.2, 0.25) is 0 Å². The van der Waals surface area contributed by atoms with E-state index in [4.69, 9.17) is 0 Å². The molecule has 1 atom stereocenters. The lowest BCUT2D eigenvalue weighted by Crippen LogP contribution is -2.15. The average molecular weight is 380 g/mol. The third kappa shape index (κ3) is 2.99. The molecule has 5 aromatic rings. The van der Waals surface area contributed by atoms with Crippen molar-refractivity contribution in [1.29, 1.82) is 0 Å². The van der Waals surface area contributed by atoms with E-state index < -0.39 is 0 Å². The van der Waals surface area contributed by atoms with Crippen molar-refractivity contribution in [2.45, 2.75) is 19.9 Å². The summed E-state index contributed by atoms with van der Waals surface area (Å²) in [5.41, 5.74) is 5.08. The summed E-state index contributed by atoms with van der Waals surface area (Å²) < 4.78 is 4.00. The van der Waals surface area contributed by atoms with Crippen LogP contribution in [-0.2, 0) is 0 Å². The first-order valence-corrected chi connectivity index (χ1v) is 9.60. The molecule has 0 N–H and O–H groups in total. The first kappa shape index (κ1) is 17.3. The number of fused-ring (bicyclic) bond motifs is 1. The number of rotatable bonds is 4. The van der Waals surface area contributed by atoms with Gasteiger partial charge in [0.2, 0.25) is 0 Å². The van der Waals surface area contributed by atoms with Gasteiger partial charge in [-0.25, -0.2) is 4.68 Å². The number of para-hydroxylation sites is 2. The largest absolute Gasteiger partial charge is 0.277 e. The molecule has 6 heteroatoms. The lowest BCUT2D eigenvalue weighted by molar-refractivity contribution is 0.526. The fraction of sp³-hybridized carbons (Fsp3) is 0.130. The van der Waals surface area contributed by atoms with Gasteiger partial charge in [-0.1, -0.05) is 65.4 Å². The van der Waals surface area contributed by atoms with Crippen LogP contribution in [0.3, 0.4) is 0 Å². The minimum atomic E-state index is -0.144. The Morgan fingerprint density at radius 1 is 0.759 bits per heavy atom. The highest BCUT2D eigenvalue weighted by atomic mass is 15.5. The maximum atomic E-state index is 4.58. The van der Waals surface area contributed by atoms with Crippen molar-refractivity contribution in [1.82, 2.24) is 29.8 Å². The molecule has 0 saturated carbocycles. The zero-order valence-electron chi connectivity index (χ0n) is 16.3. The van der Waals surface area contributed by atoms with Crippen LogP contribution in [0.15, 0.2) is 78.9 Å². The van der Waals surface area contributed by atoms with Gasteiger partial charge in [0, 0.05) is 11.3 Å². The van der Waals surface area contributed by atoms with E-state index in [2.05, 4.69) is 75.3 Å². The van der Waals surface area contributed by atoms with Gasteiger partial charge in [-0.05, 0) is 38.1 Å². The minimum Gasteiger partial charge on any atom is -0.277 e. The number of hydrogen-bond acceptors (Lipinski definition) is 4. The Morgan fingerprint density at radius 2 is 1.48 bits per heavy atom. The van der Waals surface area contributed by atoms with E-state index in [0.29, 0.717) is 0 Å². The predicted octanol–water partition coefficient (Wildman–Crippen LogP) is 4.60. The van der Waals surface area contributed by atoms with Crippen LogP contribution in [0, 0.1) is 6.92 Å². The van der Waals surface area contributed by atoms with Crippen molar-refractivity contribution in [2.75, 3.05) is 0 Å². The molecular weight excluding hydrogens is 360 g/mol. The second-order valence-electron chi connectivity index (χ2n) is 7.12. The SMILES string of the molecule is Cc1ccc(-c2nnc(C(C)n3nnc4ccccc43)n2-c2ccccc2)cc1. The maximum absolute atomic E-state index is 4.58. The predicted molar refractivity (Wildman–Crippen MR) is 113 cm³/mol. The van der Waals surface area contributed by atoms with Gasteiger partial charge in [-0.3, -0.25) is 4.57 Å². The van der Waals surface area contributed by atoms with Crippen LogP contribution in [0.1, 0.15) is 24.4 Å². The highest BCUT2D eigenvalue weighted by molar-refractivity contribution is 5.74. The molecule has 6 nitrogen and oxygen atoms in total. The molecule has 0 amide bonds. The number of nitrogens with zero attached hydrogens (tertiary/aromatic N) is 6. The third-order valence-corrected chi connectivity index (χ3v) is 5.13. The molecular formula is C23H20N6. The Kier molecular flexibility index (Phi) is 4.17. The Bertz CT molecular complexity index is 1270. The Balaban J connectivity index is 1.70. The van der Waals surface area contributed by atoms with Gasteiger partial charge in [0.15, 0.2) is 11.6 Å². The van der Waals surface area contributed by atoms with Crippen molar-refractivity contribution in [2.24, 2.45) is 0 Å². The van der Waals surface area contributed by atoms with E-state index >= 15 is 0 Å². The summed E-state index contributed by atoms with van der Waals surface area (Å²) in [6.07, 6.45) is 0. The second kappa shape index (κ2) is 6.98. The van der Waals surface area contributed by atoms with E-state index in [1.165, 1.54) is 5.56 Å². The van der Waals surface area contributed by atoms with Crippen LogP contribution < -0.4 is 0 Å². The highest BCUT2D eigenvalue weighted by Crippen LogP contribution is 2.28. The summed E-state index contributed by atoms with van der Waals surface area (Å²) in [7, 11) is 0. The van der Waals surface area contributed by atoms with Crippen LogP contribution in [0.5, 0.6) is 0 Å². The normalized spacial score (nSPS) is 12.3. The van der Waals surface area contributed by atoms with Crippen molar-refractivity contribution in [3.05, 3.63) is 90.3 Å². The zero-order valence-corrected chi connectivity index (χ0v) is 16.3. The van der Waals surface area contributed by atoms with E-state index in [1.807, 2.05) is 47.1 Å². The Morgan fingerprint density at radius 3 is 2.28 bits per heavy atom. The monoisotopic (exact) mass is 380 g/mol. The molecule has 142 valence electrons. The molecule has 0 aliphatic heterocycles. The Labute approximate surface area is 168 Å². The lowest BCUT2D eigenvalue weighted by Gasteiger charge is -2.16. The van der Waals surface area contributed by atoms with Crippen LogP contribution in [0.25, 0.3) is 28.1 Å². The summed E-state index contributed by atoms with van der Waals surface area (Å²) >= 11 is 0. The summed E-state index contributed by atoms with van der Waals surface area (Å²) in [6, 6.07) is 26.3. The molecule has 3 aromatic carbocycles. The van der Waals surface area contributed by atoms with Gasteiger partial charge in [-0.15, -0.1) is 15.3 Å².